The van der Waals surface area contributed by atoms with Gasteiger partial charge in [-0.2, -0.15) is 0 Å². The Morgan fingerprint density at radius 1 is 1.39 bits per heavy atom. The molecule has 0 radical (unpaired) electrons. The Morgan fingerprint density at radius 3 is 2.39 bits per heavy atom. The number of rotatable bonds is 3. The highest BCUT2D eigenvalue weighted by Crippen LogP contribution is 2.30. The molecule has 104 valence electrons. The summed E-state index contributed by atoms with van der Waals surface area (Å²) in [4.78, 5) is 0. The molecule has 5 heteroatoms. The van der Waals surface area contributed by atoms with Crippen LogP contribution in [0.15, 0.2) is 18.2 Å². The minimum atomic E-state index is -0.766. The van der Waals surface area contributed by atoms with Gasteiger partial charge >= 0.3 is 0 Å². The largest absolute Gasteiger partial charge is 0.388 e. The van der Waals surface area contributed by atoms with Gasteiger partial charge in [-0.05, 0) is 29.5 Å². The fourth-order valence-corrected chi connectivity index (χ4v) is 1.79. The van der Waals surface area contributed by atoms with E-state index in [0.29, 0.717) is 12.0 Å². The number of halogens is 3. The average molecular weight is 296 g/mol. The summed E-state index contributed by atoms with van der Waals surface area (Å²) >= 11 is 5.88. The third-order valence-electron chi connectivity index (χ3n) is 2.91. The topological polar surface area (TPSA) is 46.2 Å². The van der Waals surface area contributed by atoms with Crippen LogP contribution in [-0.4, -0.2) is 11.1 Å². The Kier molecular flexibility index (Phi) is 6.58. The third kappa shape index (κ3) is 4.73. The smallest absolute Gasteiger partial charge is 0.124 e. The van der Waals surface area contributed by atoms with E-state index in [9.17, 15) is 9.50 Å². The molecule has 0 amide bonds. The van der Waals surface area contributed by atoms with Gasteiger partial charge in [-0.15, -0.1) is 12.4 Å². The zero-order valence-corrected chi connectivity index (χ0v) is 12.4. The molecule has 0 heterocycles. The van der Waals surface area contributed by atoms with E-state index in [2.05, 4.69) is 0 Å². The highest BCUT2D eigenvalue weighted by molar-refractivity contribution is 6.31. The van der Waals surface area contributed by atoms with Gasteiger partial charge in [0.2, 0.25) is 0 Å². The molecule has 0 unspecified atom stereocenters. The van der Waals surface area contributed by atoms with Crippen molar-refractivity contribution < 1.29 is 9.50 Å². The first-order valence-electron chi connectivity index (χ1n) is 5.60. The van der Waals surface area contributed by atoms with Gasteiger partial charge in [0.25, 0.3) is 0 Å². The van der Waals surface area contributed by atoms with E-state index in [1.54, 1.807) is 0 Å². The summed E-state index contributed by atoms with van der Waals surface area (Å²) in [6.07, 6.45) is -0.369. The van der Waals surface area contributed by atoms with Gasteiger partial charge in [-0.25, -0.2) is 4.39 Å². The molecule has 2 atom stereocenters. The second-order valence-corrected chi connectivity index (χ2v) is 5.80. The maximum Gasteiger partial charge on any atom is 0.124 e. The Labute approximate surface area is 119 Å². The summed E-state index contributed by atoms with van der Waals surface area (Å²) in [6.45, 7) is 6.03. The Hall–Kier alpha value is -0.350. The van der Waals surface area contributed by atoms with Crippen LogP contribution in [0.4, 0.5) is 4.39 Å². The monoisotopic (exact) mass is 295 g/mol. The van der Waals surface area contributed by atoms with Gasteiger partial charge < -0.3 is 10.8 Å². The molecule has 0 fully saturated rings. The number of aliphatic hydroxyl groups is 1. The van der Waals surface area contributed by atoms with Crippen molar-refractivity contribution in [2.75, 3.05) is 0 Å². The third-order valence-corrected chi connectivity index (χ3v) is 3.24. The molecule has 0 aliphatic rings. The lowest BCUT2D eigenvalue weighted by Gasteiger charge is -2.29. The van der Waals surface area contributed by atoms with Gasteiger partial charge in [0.15, 0.2) is 0 Å². The van der Waals surface area contributed by atoms with E-state index in [-0.39, 0.29) is 28.9 Å². The highest BCUT2D eigenvalue weighted by atomic mass is 35.5. The molecule has 0 saturated carbocycles. The highest BCUT2D eigenvalue weighted by Gasteiger charge is 2.24. The summed E-state index contributed by atoms with van der Waals surface area (Å²) < 4.78 is 12.9. The SMILES string of the molecule is CC(C)(C)[C@@H](N)C[C@@H](O)c1ccc(F)cc1Cl.Cl. The number of nitrogens with two attached hydrogens (primary N) is 1. The van der Waals surface area contributed by atoms with Gasteiger partial charge in [0.05, 0.1) is 6.10 Å². The molecule has 0 aromatic heterocycles. The summed E-state index contributed by atoms with van der Waals surface area (Å²) in [5, 5.41) is 10.3. The molecule has 1 aromatic carbocycles. The maximum absolute atomic E-state index is 12.9. The van der Waals surface area contributed by atoms with E-state index in [0.717, 1.165) is 0 Å². The van der Waals surface area contributed by atoms with Crippen molar-refractivity contribution >= 4 is 24.0 Å². The van der Waals surface area contributed by atoms with Gasteiger partial charge in [-0.3, -0.25) is 0 Å². The van der Waals surface area contributed by atoms with Gasteiger partial charge in [-0.1, -0.05) is 38.4 Å². The van der Waals surface area contributed by atoms with E-state index in [1.165, 1.54) is 18.2 Å². The van der Waals surface area contributed by atoms with Crippen LogP contribution in [0, 0.1) is 11.2 Å². The summed E-state index contributed by atoms with van der Waals surface area (Å²) in [5.74, 6) is -0.411. The maximum atomic E-state index is 12.9. The average Bonchev–Trinajstić information content (AvgIpc) is 2.15. The van der Waals surface area contributed by atoms with E-state index in [4.69, 9.17) is 17.3 Å². The molecule has 0 aliphatic heterocycles. The van der Waals surface area contributed by atoms with Crippen LogP contribution in [-0.2, 0) is 0 Å². The number of aliphatic hydroxyl groups excluding tert-OH is 1. The molecule has 1 rings (SSSR count). The molecule has 0 bridgehead atoms. The molecular formula is C13H20Cl2FNO. The zero-order valence-electron chi connectivity index (χ0n) is 10.8. The normalized spacial score (nSPS) is 14.8. The zero-order chi connectivity index (χ0) is 13.2. The van der Waals surface area contributed by atoms with Crippen molar-refractivity contribution in [3.63, 3.8) is 0 Å². The Morgan fingerprint density at radius 2 is 1.94 bits per heavy atom. The molecule has 0 spiro atoms. The van der Waals surface area contributed by atoms with Crippen LogP contribution >= 0.6 is 24.0 Å². The first-order valence-corrected chi connectivity index (χ1v) is 5.98. The quantitative estimate of drug-likeness (QED) is 0.893. The van der Waals surface area contributed by atoms with Crippen LogP contribution in [0.5, 0.6) is 0 Å². The molecule has 18 heavy (non-hydrogen) atoms. The molecule has 0 aliphatic carbocycles. The Balaban J connectivity index is 0.00000289. The fourth-order valence-electron chi connectivity index (χ4n) is 1.49. The van der Waals surface area contributed by atoms with Crippen molar-refractivity contribution in [3.05, 3.63) is 34.6 Å². The number of hydrogen-bond acceptors (Lipinski definition) is 2. The van der Waals surface area contributed by atoms with Crippen molar-refractivity contribution in [2.24, 2.45) is 11.1 Å². The van der Waals surface area contributed by atoms with Gasteiger partial charge in [0, 0.05) is 11.1 Å². The summed E-state index contributed by atoms with van der Waals surface area (Å²) in [6, 6.07) is 3.83. The predicted octanol–water partition coefficient (Wildman–Crippen LogP) is 3.70. The number of hydrogen-bond donors (Lipinski definition) is 2. The second kappa shape index (κ2) is 6.71. The predicted molar refractivity (Wildman–Crippen MR) is 75.7 cm³/mol. The Bertz CT molecular complexity index is 393. The lowest BCUT2D eigenvalue weighted by Crippen LogP contribution is -2.36. The lowest BCUT2D eigenvalue weighted by atomic mass is 9.83. The van der Waals surface area contributed by atoms with Crippen LogP contribution in [0.3, 0.4) is 0 Å². The molecule has 2 nitrogen and oxygen atoms in total. The molecule has 3 N–H and O–H groups in total. The van der Waals surface area contributed by atoms with Crippen molar-refractivity contribution in [1.82, 2.24) is 0 Å². The van der Waals surface area contributed by atoms with E-state index >= 15 is 0 Å². The first-order chi connectivity index (χ1) is 7.71. The van der Waals surface area contributed by atoms with Crippen LogP contribution in [0.25, 0.3) is 0 Å². The first kappa shape index (κ1) is 17.6. The van der Waals surface area contributed by atoms with Crippen molar-refractivity contribution in [1.29, 1.82) is 0 Å². The van der Waals surface area contributed by atoms with Crippen molar-refractivity contribution in [2.45, 2.75) is 39.3 Å². The van der Waals surface area contributed by atoms with Crippen LogP contribution in [0.2, 0.25) is 5.02 Å². The molecule has 0 saturated heterocycles. The van der Waals surface area contributed by atoms with Crippen molar-refractivity contribution in [3.8, 4) is 0 Å². The summed E-state index contributed by atoms with van der Waals surface area (Å²) in [7, 11) is 0. The standard InChI is InChI=1S/C13H19ClFNO.ClH/c1-13(2,3)12(16)7-11(17)9-5-4-8(15)6-10(9)14;/h4-6,11-12,17H,7,16H2,1-3H3;1H/t11-,12+;/m1./s1. The molecular weight excluding hydrogens is 276 g/mol. The van der Waals surface area contributed by atoms with Crippen LogP contribution in [0.1, 0.15) is 38.9 Å². The number of benzene rings is 1. The van der Waals surface area contributed by atoms with Crippen LogP contribution < -0.4 is 5.73 Å². The summed E-state index contributed by atoms with van der Waals surface area (Å²) in [5.41, 5.74) is 6.42. The minimum absolute atomic E-state index is 0. The van der Waals surface area contributed by atoms with Gasteiger partial charge in [0.1, 0.15) is 5.82 Å². The minimum Gasteiger partial charge on any atom is -0.388 e. The van der Waals surface area contributed by atoms with E-state index < -0.39 is 11.9 Å². The van der Waals surface area contributed by atoms with E-state index in [1.807, 2.05) is 20.8 Å². The molecule has 1 aromatic rings. The lowest BCUT2D eigenvalue weighted by molar-refractivity contribution is 0.133. The fraction of sp³-hybridized carbons (Fsp3) is 0.538. The second-order valence-electron chi connectivity index (χ2n) is 5.39.